The number of nitrogens with zero attached hydrogens (tertiary/aromatic N) is 3. The fourth-order valence-corrected chi connectivity index (χ4v) is 4.72. The SMILES string of the molecule is BC(B)(NC(=O)c1nc(C(=O)N2CCCC2C)c(-c2cnc(NCC(F)(F)F)cc2C(F)F)s1)C(C)(C)O. The molecule has 1 saturated heterocycles. The van der Waals surface area contributed by atoms with Crippen LogP contribution in [0.1, 0.15) is 65.9 Å². The maximum atomic E-state index is 14.1. The minimum absolute atomic E-state index is 0.0505. The van der Waals surface area contributed by atoms with E-state index in [1.807, 2.05) is 12.2 Å². The maximum Gasteiger partial charge on any atom is 0.405 e. The van der Waals surface area contributed by atoms with Crippen LogP contribution in [-0.2, 0) is 0 Å². The van der Waals surface area contributed by atoms with Crippen LogP contribution in [0.25, 0.3) is 10.4 Å². The molecule has 0 spiro atoms. The maximum absolute atomic E-state index is 14.1. The monoisotopic (exact) mass is 559 g/mol. The van der Waals surface area contributed by atoms with Crippen molar-refractivity contribution in [3.63, 3.8) is 0 Å². The lowest BCUT2D eigenvalue weighted by molar-refractivity contribution is -0.115. The topological polar surface area (TPSA) is 107 Å². The number of aromatic nitrogens is 2. The largest absolute Gasteiger partial charge is 0.405 e. The lowest BCUT2D eigenvalue weighted by Gasteiger charge is -2.38. The van der Waals surface area contributed by atoms with Gasteiger partial charge in [-0.15, -0.1) is 11.3 Å². The molecular weight excluding hydrogens is 531 g/mol. The summed E-state index contributed by atoms with van der Waals surface area (Å²) < 4.78 is 66.0. The fourth-order valence-electron chi connectivity index (χ4n) is 3.73. The number of aliphatic hydroxyl groups is 1. The number of thiazole rings is 1. The smallest absolute Gasteiger partial charge is 0.390 e. The molecule has 8 nitrogen and oxygen atoms in total. The van der Waals surface area contributed by atoms with E-state index in [9.17, 15) is 36.6 Å². The Kier molecular flexibility index (Phi) is 8.47. The molecule has 1 atom stereocenters. The van der Waals surface area contributed by atoms with E-state index in [1.165, 1.54) is 18.7 Å². The molecule has 38 heavy (non-hydrogen) atoms. The number of carbonyl (C=O) groups excluding carboxylic acids is 2. The molecule has 3 rings (SSSR count). The predicted octanol–water partition coefficient (Wildman–Crippen LogP) is 2.16. The third-order valence-electron chi connectivity index (χ3n) is 6.68. The molecular formula is C22H28B2F5N5O3S. The van der Waals surface area contributed by atoms with E-state index in [1.54, 1.807) is 15.7 Å². The average molecular weight is 559 g/mol. The second-order valence-electron chi connectivity index (χ2n) is 10.3. The molecule has 2 aromatic rings. The summed E-state index contributed by atoms with van der Waals surface area (Å²) in [5, 5.41) is 13.7. The number of alkyl halides is 5. The molecule has 0 radical (unpaired) electrons. The first-order valence-electron chi connectivity index (χ1n) is 11.9. The fraction of sp³-hybridized carbons (Fsp3) is 0.545. The van der Waals surface area contributed by atoms with Gasteiger partial charge in [-0.25, -0.2) is 18.7 Å². The van der Waals surface area contributed by atoms with Gasteiger partial charge in [0.05, 0.1) is 10.5 Å². The molecule has 16 heteroatoms. The summed E-state index contributed by atoms with van der Waals surface area (Å²) in [4.78, 5) is 36.1. The number of hydrogen-bond acceptors (Lipinski definition) is 7. The molecule has 0 aliphatic carbocycles. The summed E-state index contributed by atoms with van der Waals surface area (Å²) in [6.45, 7) is 3.78. The quantitative estimate of drug-likeness (QED) is 0.338. The summed E-state index contributed by atoms with van der Waals surface area (Å²) in [5.74, 6) is -1.70. The standard InChI is InChI=1S/C22H28B2F5N5O3S/c1-10-5-4-6-34(10)19(36)14-15(38-18(32-14)17(35)33-22(23,24)20(2,3)37)12-8-30-13(7-11(12)16(25)26)31-9-21(27,28)29/h7-8,10,16,37H,4-6,9,23-24H2,1-3H3,(H,30,31)(H,33,35). The number of halogens is 5. The van der Waals surface area contributed by atoms with Crippen molar-refractivity contribution in [3.8, 4) is 10.4 Å². The van der Waals surface area contributed by atoms with E-state index in [-0.39, 0.29) is 27.2 Å². The molecule has 1 unspecified atom stereocenters. The first-order valence-corrected chi connectivity index (χ1v) is 12.7. The average Bonchev–Trinajstić information content (AvgIpc) is 3.42. The third kappa shape index (κ3) is 6.63. The number of nitrogens with one attached hydrogen (secondary N) is 2. The molecule has 3 heterocycles. The summed E-state index contributed by atoms with van der Waals surface area (Å²) in [5.41, 5.74) is -2.44. The molecule has 3 N–H and O–H groups in total. The van der Waals surface area contributed by atoms with Crippen molar-refractivity contribution in [2.75, 3.05) is 18.4 Å². The molecule has 0 bridgehead atoms. The van der Waals surface area contributed by atoms with Gasteiger partial charge in [-0.2, -0.15) is 13.2 Å². The summed E-state index contributed by atoms with van der Waals surface area (Å²) in [6.07, 6.45) is -5.29. The van der Waals surface area contributed by atoms with Crippen LogP contribution in [0.2, 0.25) is 0 Å². The van der Waals surface area contributed by atoms with Crippen molar-refractivity contribution in [1.82, 2.24) is 20.2 Å². The molecule has 1 aliphatic heterocycles. The molecule has 0 aromatic carbocycles. The van der Waals surface area contributed by atoms with Gasteiger partial charge in [0.1, 0.15) is 33.7 Å². The number of amides is 2. The van der Waals surface area contributed by atoms with Gasteiger partial charge in [-0.3, -0.25) is 9.59 Å². The summed E-state index contributed by atoms with van der Waals surface area (Å²) in [6, 6.07) is 0.653. The minimum atomic E-state index is -4.59. The zero-order valence-corrected chi connectivity index (χ0v) is 22.4. The van der Waals surface area contributed by atoms with Gasteiger partial charge in [-0.05, 0) is 39.7 Å². The van der Waals surface area contributed by atoms with E-state index in [0.717, 1.165) is 25.1 Å². The highest BCUT2D eigenvalue weighted by molar-refractivity contribution is 7.17. The molecule has 0 saturated carbocycles. The van der Waals surface area contributed by atoms with E-state index < -0.39 is 53.3 Å². The van der Waals surface area contributed by atoms with Gasteiger partial charge in [0.2, 0.25) is 0 Å². The molecule has 1 fully saturated rings. The number of carbonyl (C=O) groups is 2. The Balaban J connectivity index is 2.10. The summed E-state index contributed by atoms with van der Waals surface area (Å²) >= 11 is 0.689. The highest BCUT2D eigenvalue weighted by Crippen LogP contribution is 2.39. The van der Waals surface area contributed by atoms with Crippen LogP contribution in [0.5, 0.6) is 0 Å². The Morgan fingerprint density at radius 1 is 1.29 bits per heavy atom. The number of likely N-dealkylation sites (tertiary alicyclic amines) is 1. The Hall–Kier alpha value is -2.74. The van der Waals surface area contributed by atoms with Crippen LogP contribution in [-0.4, -0.2) is 83.7 Å². The van der Waals surface area contributed by atoms with Crippen molar-refractivity contribution in [2.45, 2.75) is 63.2 Å². The van der Waals surface area contributed by atoms with Crippen molar-refractivity contribution in [2.24, 2.45) is 0 Å². The Labute approximate surface area is 222 Å². The summed E-state index contributed by atoms with van der Waals surface area (Å²) in [7, 11) is 3.17. The van der Waals surface area contributed by atoms with E-state index >= 15 is 0 Å². The first-order chi connectivity index (χ1) is 17.4. The molecule has 1 aliphatic rings. The highest BCUT2D eigenvalue weighted by Gasteiger charge is 2.38. The van der Waals surface area contributed by atoms with Crippen LogP contribution < -0.4 is 10.6 Å². The van der Waals surface area contributed by atoms with Crippen molar-refractivity contribution < 1.29 is 36.6 Å². The minimum Gasteiger partial charge on any atom is -0.390 e. The van der Waals surface area contributed by atoms with Crippen LogP contribution >= 0.6 is 11.3 Å². The van der Waals surface area contributed by atoms with Crippen LogP contribution in [0.4, 0.5) is 27.8 Å². The second-order valence-corrected chi connectivity index (χ2v) is 11.2. The second kappa shape index (κ2) is 10.8. The van der Waals surface area contributed by atoms with E-state index in [4.69, 9.17) is 0 Å². The number of rotatable bonds is 8. The normalized spacial score (nSPS) is 16.7. The van der Waals surface area contributed by atoms with Gasteiger partial charge in [0, 0.05) is 35.2 Å². The van der Waals surface area contributed by atoms with Crippen LogP contribution in [0.3, 0.4) is 0 Å². The van der Waals surface area contributed by atoms with Gasteiger partial charge in [0.25, 0.3) is 18.2 Å². The molecule has 206 valence electrons. The number of anilines is 1. The molecule has 2 amide bonds. The van der Waals surface area contributed by atoms with Gasteiger partial charge in [-0.1, -0.05) is 0 Å². The number of hydrogen-bond donors (Lipinski definition) is 3. The van der Waals surface area contributed by atoms with Crippen molar-refractivity contribution in [3.05, 3.63) is 28.5 Å². The van der Waals surface area contributed by atoms with Gasteiger partial charge in [0.15, 0.2) is 5.01 Å². The zero-order valence-electron chi connectivity index (χ0n) is 21.5. The lowest BCUT2D eigenvalue weighted by Crippen LogP contribution is -2.63. The van der Waals surface area contributed by atoms with Crippen LogP contribution in [0, 0.1) is 0 Å². The predicted molar refractivity (Wildman–Crippen MR) is 138 cm³/mol. The van der Waals surface area contributed by atoms with E-state index in [0.29, 0.717) is 17.9 Å². The van der Waals surface area contributed by atoms with Crippen LogP contribution in [0.15, 0.2) is 12.3 Å². The van der Waals surface area contributed by atoms with Crippen molar-refractivity contribution >= 4 is 44.7 Å². The Morgan fingerprint density at radius 2 is 1.95 bits per heavy atom. The Morgan fingerprint density at radius 3 is 2.47 bits per heavy atom. The Bertz CT molecular complexity index is 1200. The first kappa shape index (κ1) is 29.8. The molecule has 2 aromatic heterocycles. The number of pyridine rings is 1. The zero-order chi connectivity index (χ0) is 28.6. The lowest BCUT2D eigenvalue weighted by atomic mass is 9.54. The third-order valence-corrected chi connectivity index (χ3v) is 7.77. The van der Waals surface area contributed by atoms with Gasteiger partial charge >= 0.3 is 6.18 Å². The highest BCUT2D eigenvalue weighted by atomic mass is 32.1. The van der Waals surface area contributed by atoms with E-state index in [2.05, 4.69) is 15.3 Å². The van der Waals surface area contributed by atoms with Crippen molar-refractivity contribution in [1.29, 1.82) is 0 Å². The van der Waals surface area contributed by atoms with Gasteiger partial charge < -0.3 is 20.6 Å².